The van der Waals surface area contributed by atoms with Crippen molar-refractivity contribution in [1.29, 1.82) is 0 Å². The van der Waals surface area contributed by atoms with E-state index in [1.54, 1.807) is 24.1 Å². The van der Waals surface area contributed by atoms with E-state index in [0.29, 0.717) is 18.7 Å². The summed E-state index contributed by atoms with van der Waals surface area (Å²) in [6.45, 7) is 2.94. The van der Waals surface area contributed by atoms with Gasteiger partial charge in [0.2, 0.25) is 5.91 Å². The molecule has 0 aromatic carbocycles. The van der Waals surface area contributed by atoms with Gasteiger partial charge in [-0.3, -0.25) is 9.48 Å². The van der Waals surface area contributed by atoms with E-state index in [2.05, 4.69) is 15.3 Å². The Hall–Kier alpha value is -1.44. The molecule has 1 aromatic heterocycles. The third kappa shape index (κ3) is 3.76. The van der Waals surface area contributed by atoms with E-state index < -0.39 is 6.04 Å². The molecule has 1 aromatic rings. The van der Waals surface area contributed by atoms with Gasteiger partial charge in [0.05, 0.1) is 18.9 Å². The molecule has 19 heavy (non-hydrogen) atoms. The van der Waals surface area contributed by atoms with E-state index in [-0.39, 0.29) is 12.0 Å². The highest BCUT2D eigenvalue weighted by atomic mass is 16.5. The monoisotopic (exact) mass is 267 g/mol. The Bertz CT molecular complexity index is 434. The van der Waals surface area contributed by atoms with Gasteiger partial charge in [-0.1, -0.05) is 0 Å². The summed E-state index contributed by atoms with van der Waals surface area (Å²) in [6, 6.07) is -0.685. The zero-order chi connectivity index (χ0) is 13.8. The first-order chi connectivity index (χ1) is 9.06. The van der Waals surface area contributed by atoms with Crippen molar-refractivity contribution in [3.05, 3.63) is 18.0 Å². The lowest BCUT2D eigenvalue weighted by Crippen LogP contribution is -2.47. The lowest BCUT2D eigenvalue weighted by atomic mass is 10.1. The van der Waals surface area contributed by atoms with Crippen LogP contribution in [0.5, 0.6) is 0 Å². The zero-order valence-corrected chi connectivity index (χ0v) is 11.4. The van der Waals surface area contributed by atoms with Crippen molar-refractivity contribution in [3.63, 3.8) is 0 Å². The third-order valence-corrected chi connectivity index (χ3v) is 3.21. The Balaban J connectivity index is 1.80. The molecule has 2 unspecified atom stereocenters. The second-order valence-electron chi connectivity index (χ2n) is 4.93. The molecule has 7 heteroatoms. The molecule has 2 rings (SSSR count). The summed E-state index contributed by atoms with van der Waals surface area (Å²) in [4.78, 5) is 14.1. The predicted molar refractivity (Wildman–Crippen MR) is 70.4 cm³/mol. The number of carbonyl (C=O) groups excluding carboxylic acids is 1. The maximum absolute atomic E-state index is 11.9. The van der Waals surface area contributed by atoms with Gasteiger partial charge >= 0.3 is 0 Å². The highest BCUT2D eigenvalue weighted by Crippen LogP contribution is 2.08. The van der Waals surface area contributed by atoms with Crippen LogP contribution in [0.4, 0.5) is 0 Å². The quantitative estimate of drug-likeness (QED) is 0.721. The Morgan fingerprint density at radius 1 is 1.68 bits per heavy atom. The fourth-order valence-electron chi connectivity index (χ4n) is 2.07. The molecule has 1 aliphatic heterocycles. The van der Waals surface area contributed by atoms with Crippen LogP contribution in [0.1, 0.15) is 11.6 Å². The highest BCUT2D eigenvalue weighted by molar-refractivity contribution is 5.82. The number of nitrogens with one attached hydrogen (secondary N) is 1. The first-order valence-electron chi connectivity index (χ1n) is 6.38. The Morgan fingerprint density at radius 2 is 2.47 bits per heavy atom. The molecule has 1 fully saturated rings. The molecule has 2 atom stereocenters. The minimum Gasteiger partial charge on any atom is -0.374 e. The summed E-state index contributed by atoms with van der Waals surface area (Å²) >= 11 is 0. The van der Waals surface area contributed by atoms with Crippen molar-refractivity contribution in [2.24, 2.45) is 12.8 Å². The van der Waals surface area contributed by atoms with Crippen LogP contribution < -0.4 is 11.1 Å². The molecule has 0 aliphatic carbocycles. The number of hydrogen-bond acceptors (Lipinski definition) is 5. The molecule has 0 radical (unpaired) electrons. The van der Waals surface area contributed by atoms with Crippen LogP contribution in [0.25, 0.3) is 0 Å². The lowest BCUT2D eigenvalue weighted by molar-refractivity contribution is -0.123. The number of aryl methyl sites for hydroxylation is 1. The minimum atomic E-state index is -0.685. The van der Waals surface area contributed by atoms with Crippen LogP contribution in [0.15, 0.2) is 12.4 Å². The second-order valence-corrected chi connectivity index (χ2v) is 4.93. The average molecular weight is 267 g/mol. The zero-order valence-electron chi connectivity index (χ0n) is 11.4. The Morgan fingerprint density at radius 3 is 3.11 bits per heavy atom. The molecule has 0 saturated carbocycles. The van der Waals surface area contributed by atoms with E-state index in [9.17, 15) is 4.79 Å². The third-order valence-electron chi connectivity index (χ3n) is 3.21. The van der Waals surface area contributed by atoms with Gasteiger partial charge in [-0.25, -0.2) is 0 Å². The summed E-state index contributed by atoms with van der Waals surface area (Å²) < 4.78 is 7.20. The van der Waals surface area contributed by atoms with Crippen molar-refractivity contribution in [2.75, 3.05) is 33.3 Å². The molecule has 2 heterocycles. The van der Waals surface area contributed by atoms with Gasteiger partial charge in [-0.2, -0.15) is 5.10 Å². The number of nitrogens with two attached hydrogens (primary N) is 1. The largest absolute Gasteiger partial charge is 0.374 e. The van der Waals surface area contributed by atoms with Crippen LogP contribution in [0.2, 0.25) is 0 Å². The van der Waals surface area contributed by atoms with Gasteiger partial charge in [-0.05, 0) is 7.05 Å². The first kappa shape index (κ1) is 14.0. The molecule has 106 valence electrons. The highest BCUT2D eigenvalue weighted by Gasteiger charge is 2.21. The molecule has 7 nitrogen and oxygen atoms in total. The van der Waals surface area contributed by atoms with Crippen LogP contribution in [-0.4, -0.2) is 60.0 Å². The lowest BCUT2D eigenvalue weighted by Gasteiger charge is -2.30. The predicted octanol–water partition coefficient (Wildman–Crippen LogP) is -1.13. The van der Waals surface area contributed by atoms with Crippen molar-refractivity contribution in [1.82, 2.24) is 20.0 Å². The van der Waals surface area contributed by atoms with Crippen LogP contribution >= 0.6 is 0 Å². The first-order valence-corrected chi connectivity index (χ1v) is 6.38. The Kier molecular flexibility index (Phi) is 4.52. The molecule has 0 bridgehead atoms. The average Bonchev–Trinajstić information content (AvgIpc) is 2.82. The van der Waals surface area contributed by atoms with Crippen molar-refractivity contribution >= 4 is 5.91 Å². The Labute approximate surface area is 112 Å². The van der Waals surface area contributed by atoms with Gasteiger partial charge in [-0.15, -0.1) is 0 Å². The summed E-state index contributed by atoms with van der Waals surface area (Å²) in [5, 5.41) is 6.83. The van der Waals surface area contributed by atoms with Crippen LogP contribution in [0, 0.1) is 0 Å². The van der Waals surface area contributed by atoms with E-state index >= 15 is 0 Å². The number of carbonyl (C=O) groups is 1. The molecule has 1 saturated heterocycles. The normalized spacial score (nSPS) is 22.2. The van der Waals surface area contributed by atoms with Gasteiger partial charge in [0.1, 0.15) is 6.04 Å². The number of morpholine rings is 1. The molecular weight excluding hydrogens is 246 g/mol. The van der Waals surface area contributed by atoms with Crippen LogP contribution in [0.3, 0.4) is 0 Å². The minimum absolute atomic E-state index is 0.0313. The van der Waals surface area contributed by atoms with Gasteiger partial charge in [0, 0.05) is 38.4 Å². The number of rotatable bonds is 4. The molecule has 3 N–H and O–H groups in total. The van der Waals surface area contributed by atoms with Crippen molar-refractivity contribution in [3.8, 4) is 0 Å². The van der Waals surface area contributed by atoms with Crippen molar-refractivity contribution < 1.29 is 9.53 Å². The fraction of sp³-hybridized carbons (Fsp3) is 0.667. The summed E-state index contributed by atoms with van der Waals surface area (Å²) in [6.07, 6.45) is 3.38. The van der Waals surface area contributed by atoms with Crippen LogP contribution in [-0.2, 0) is 16.6 Å². The molecule has 1 aliphatic rings. The smallest absolute Gasteiger partial charge is 0.241 e. The van der Waals surface area contributed by atoms with E-state index in [4.69, 9.17) is 10.5 Å². The second kappa shape index (κ2) is 6.14. The van der Waals surface area contributed by atoms with E-state index in [1.165, 1.54) is 0 Å². The standard InChI is InChI=1S/C12H21N5O2/c1-16-3-4-19-10(8-16)6-14-12(18)11(13)9-5-15-17(2)7-9/h5,7,10-11H,3-4,6,8,13H2,1-2H3,(H,14,18). The number of aromatic nitrogens is 2. The summed E-state index contributed by atoms with van der Waals surface area (Å²) in [7, 11) is 3.83. The number of likely N-dealkylation sites (N-methyl/N-ethyl adjacent to an activating group) is 1. The molecule has 1 amide bonds. The summed E-state index contributed by atoms with van der Waals surface area (Å²) in [5.74, 6) is -0.204. The number of ether oxygens (including phenoxy) is 1. The van der Waals surface area contributed by atoms with Gasteiger partial charge < -0.3 is 20.7 Å². The summed E-state index contributed by atoms with van der Waals surface area (Å²) in [5.41, 5.74) is 6.59. The fourth-order valence-corrected chi connectivity index (χ4v) is 2.07. The maximum Gasteiger partial charge on any atom is 0.241 e. The molecule has 0 spiro atoms. The SMILES string of the molecule is CN1CCOC(CNC(=O)C(N)c2cnn(C)c2)C1. The number of amides is 1. The molecular formula is C12H21N5O2. The van der Waals surface area contributed by atoms with Gasteiger partial charge in [0.15, 0.2) is 0 Å². The van der Waals surface area contributed by atoms with Gasteiger partial charge in [0.25, 0.3) is 0 Å². The number of hydrogen-bond donors (Lipinski definition) is 2. The number of nitrogens with zero attached hydrogens (tertiary/aromatic N) is 3. The van der Waals surface area contributed by atoms with E-state index in [0.717, 1.165) is 13.1 Å². The van der Waals surface area contributed by atoms with Crippen molar-refractivity contribution in [2.45, 2.75) is 12.1 Å². The topological polar surface area (TPSA) is 85.4 Å². The van der Waals surface area contributed by atoms with E-state index in [1.807, 2.05) is 7.05 Å². The maximum atomic E-state index is 11.9.